The molecule has 0 radical (unpaired) electrons. The average Bonchev–Trinajstić information content (AvgIpc) is 2.45. The number of nitrogens with zero attached hydrogens (tertiary/aromatic N) is 2. The molecule has 0 aromatic carbocycles. The Balaban J connectivity index is 1.85. The van der Waals surface area contributed by atoms with Crippen LogP contribution in [0.25, 0.3) is 0 Å². The first-order valence-corrected chi connectivity index (χ1v) is 7.05. The van der Waals surface area contributed by atoms with Gasteiger partial charge in [0.05, 0.1) is 9.98 Å². The molecular formula is C11H15BrN2O2S. The van der Waals surface area contributed by atoms with Crippen molar-refractivity contribution in [1.82, 2.24) is 9.88 Å². The SMILES string of the molecule is CC(C)(C)OC(=O)N1CC(c2ncc(Br)s2)C1. The first-order valence-electron chi connectivity index (χ1n) is 5.44. The molecule has 1 aromatic rings. The van der Waals surface area contributed by atoms with Crippen LogP contribution in [0, 0.1) is 0 Å². The monoisotopic (exact) mass is 318 g/mol. The smallest absolute Gasteiger partial charge is 0.410 e. The molecule has 0 N–H and O–H groups in total. The highest BCUT2D eigenvalue weighted by Gasteiger charge is 2.35. The van der Waals surface area contributed by atoms with Crippen LogP contribution in [0.15, 0.2) is 9.98 Å². The van der Waals surface area contributed by atoms with E-state index in [4.69, 9.17) is 4.74 Å². The van der Waals surface area contributed by atoms with Crippen molar-refractivity contribution in [2.75, 3.05) is 13.1 Å². The normalized spacial score (nSPS) is 16.8. The molecule has 4 nitrogen and oxygen atoms in total. The van der Waals surface area contributed by atoms with E-state index in [1.807, 2.05) is 20.8 Å². The van der Waals surface area contributed by atoms with Gasteiger partial charge < -0.3 is 9.64 Å². The number of carbonyl (C=O) groups is 1. The second-order valence-electron chi connectivity index (χ2n) is 5.08. The van der Waals surface area contributed by atoms with Gasteiger partial charge in [-0.25, -0.2) is 9.78 Å². The Morgan fingerprint density at radius 1 is 1.59 bits per heavy atom. The van der Waals surface area contributed by atoms with Crippen LogP contribution >= 0.6 is 27.3 Å². The van der Waals surface area contributed by atoms with Crippen LogP contribution in [-0.4, -0.2) is 34.7 Å². The van der Waals surface area contributed by atoms with Crippen LogP contribution in [0.1, 0.15) is 31.7 Å². The number of halogens is 1. The van der Waals surface area contributed by atoms with Crippen molar-refractivity contribution in [3.8, 4) is 0 Å². The molecule has 17 heavy (non-hydrogen) atoms. The highest BCUT2D eigenvalue weighted by atomic mass is 79.9. The molecule has 0 bridgehead atoms. The number of rotatable bonds is 1. The number of hydrogen-bond acceptors (Lipinski definition) is 4. The van der Waals surface area contributed by atoms with Crippen LogP contribution in [0.3, 0.4) is 0 Å². The molecule has 1 aliphatic heterocycles. The minimum Gasteiger partial charge on any atom is -0.444 e. The molecule has 1 fully saturated rings. The summed E-state index contributed by atoms with van der Waals surface area (Å²) in [5.41, 5.74) is -0.424. The van der Waals surface area contributed by atoms with E-state index < -0.39 is 5.60 Å². The Bertz CT molecular complexity index is 421. The highest BCUT2D eigenvalue weighted by molar-refractivity contribution is 9.11. The number of carbonyl (C=O) groups excluding carboxylic acids is 1. The van der Waals surface area contributed by atoms with Crippen LogP contribution in [-0.2, 0) is 4.74 Å². The van der Waals surface area contributed by atoms with Gasteiger partial charge in [-0.3, -0.25) is 0 Å². The van der Waals surface area contributed by atoms with Gasteiger partial charge in [-0.1, -0.05) is 0 Å². The minimum atomic E-state index is -0.424. The first kappa shape index (κ1) is 12.8. The molecule has 1 aromatic heterocycles. The number of likely N-dealkylation sites (tertiary alicyclic amines) is 1. The largest absolute Gasteiger partial charge is 0.444 e. The van der Waals surface area contributed by atoms with Crippen molar-refractivity contribution < 1.29 is 9.53 Å². The van der Waals surface area contributed by atoms with Gasteiger partial charge in [0.1, 0.15) is 10.6 Å². The van der Waals surface area contributed by atoms with Crippen molar-refractivity contribution in [3.63, 3.8) is 0 Å². The molecule has 0 atom stereocenters. The number of hydrogen-bond donors (Lipinski definition) is 0. The van der Waals surface area contributed by atoms with E-state index in [-0.39, 0.29) is 6.09 Å². The lowest BCUT2D eigenvalue weighted by Gasteiger charge is -2.38. The van der Waals surface area contributed by atoms with E-state index in [9.17, 15) is 4.79 Å². The summed E-state index contributed by atoms with van der Waals surface area (Å²) in [7, 11) is 0. The maximum absolute atomic E-state index is 11.7. The molecule has 2 heterocycles. The fourth-order valence-electron chi connectivity index (χ4n) is 1.57. The average molecular weight is 319 g/mol. The van der Waals surface area contributed by atoms with Gasteiger partial charge in [-0.05, 0) is 36.7 Å². The lowest BCUT2D eigenvalue weighted by molar-refractivity contribution is 0.00818. The Labute approximate surface area is 113 Å². The summed E-state index contributed by atoms with van der Waals surface area (Å²) in [4.78, 5) is 17.7. The Hall–Kier alpha value is -0.620. The van der Waals surface area contributed by atoms with Crippen molar-refractivity contribution in [1.29, 1.82) is 0 Å². The second-order valence-corrected chi connectivity index (χ2v) is 7.53. The number of ether oxygens (including phenoxy) is 1. The fourth-order valence-corrected chi connectivity index (χ4v) is 2.89. The quantitative estimate of drug-likeness (QED) is 0.798. The van der Waals surface area contributed by atoms with Gasteiger partial charge in [-0.15, -0.1) is 11.3 Å². The summed E-state index contributed by atoms with van der Waals surface area (Å²) in [6, 6.07) is 0. The predicted octanol–water partition coefficient (Wildman–Crippen LogP) is 3.24. The third-order valence-electron chi connectivity index (χ3n) is 2.38. The van der Waals surface area contributed by atoms with Crippen LogP contribution in [0.4, 0.5) is 4.79 Å². The van der Waals surface area contributed by atoms with E-state index in [2.05, 4.69) is 20.9 Å². The van der Waals surface area contributed by atoms with E-state index in [1.54, 1.807) is 22.4 Å². The van der Waals surface area contributed by atoms with Gasteiger partial charge in [0.15, 0.2) is 0 Å². The lowest BCUT2D eigenvalue weighted by atomic mass is 10.0. The summed E-state index contributed by atoms with van der Waals surface area (Å²) in [6.07, 6.45) is 1.57. The molecule has 1 amide bonds. The topological polar surface area (TPSA) is 42.4 Å². The predicted molar refractivity (Wildman–Crippen MR) is 70.4 cm³/mol. The van der Waals surface area contributed by atoms with Gasteiger partial charge >= 0.3 is 6.09 Å². The Kier molecular flexibility index (Phi) is 3.45. The molecule has 6 heteroatoms. The van der Waals surface area contributed by atoms with Crippen molar-refractivity contribution >= 4 is 33.4 Å². The molecule has 1 aliphatic rings. The fraction of sp³-hybridized carbons (Fsp3) is 0.636. The molecular weight excluding hydrogens is 304 g/mol. The summed E-state index contributed by atoms with van der Waals surface area (Å²) in [5, 5.41) is 1.08. The summed E-state index contributed by atoms with van der Waals surface area (Å²) >= 11 is 5.01. The minimum absolute atomic E-state index is 0.232. The molecule has 1 saturated heterocycles. The van der Waals surface area contributed by atoms with E-state index in [0.29, 0.717) is 19.0 Å². The summed E-state index contributed by atoms with van der Waals surface area (Å²) < 4.78 is 6.32. The molecule has 94 valence electrons. The third kappa shape index (κ3) is 3.19. The second kappa shape index (κ2) is 4.57. The molecule has 2 rings (SSSR count). The van der Waals surface area contributed by atoms with Crippen molar-refractivity contribution in [2.24, 2.45) is 0 Å². The maximum Gasteiger partial charge on any atom is 0.410 e. The van der Waals surface area contributed by atoms with Gasteiger partial charge in [-0.2, -0.15) is 0 Å². The zero-order valence-electron chi connectivity index (χ0n) is 10.1. The molecule has 0 saturated carbocycles. The highest BCUT2D eigenvalue weighted by Crippen LogP contribution is 2.32. The number of amides is 1. The summed E-state index contributed by atoms with van der Waals surface area (Å²) in [6.45, 7) is 7.03. The van der Waals surface area contributed by atoms with Gasteiger partial charge in [0.25, 0.3) is 0 Å². The Morgan fingerprint density at radius 2 is 2.24 bits per heavy atom. The van der Waals surface area contributed by atoms with Crippen LogP contribution in [0.2, 0.25) is 0 Å². The Morgan fingerprint density at radius 3 is 2.71 bits per heavy atom. The van der Waals surface area contributed by atoms with E-state index >= 15 is 0 Å². The number of aromatic nitrogens is 1. The first-order chi connectivity index (χ1) is 7.85. The lowest BCUT2D eigenvalue weighted by Crippen LogP contribution is -2.50. The van der Waals surface area contributed by atoms with Crippen molar-refractivity contribution in [2.45, 2.75) is 32.3 Å². The van der Waals surface area contributed by atoms with Gasteiger partial charge in [0.2, 0.25) is 0 Å². The van der Waals surface area contributed by atoms with Gasteiger partial charge in [0, 0.05) is 19.0 Å². The maximum atomic E-state index is 11.7. The van der Waals surface area contributed by atoms with E-state index in [0.717, 1.165) is 8.79 Å². The zero-order chi connectivity index (χ0) is 12.6. The summed E-state index contributed by atoms with van der Waals surface area (Å²) in [5.74, 6) is 0.360. The zero-order valence-corrected chi connectivity index (χ0v) is 12.5. The van der Waals surface area contributed by atoms with Crippen molar-refractivity contribution in [3.05, 3.63) is 15.0 Å². The standard InChI is InChI=1S/C11H15BrN2O2S/c1-11(2,3)16-10(15)14-5-7(6-14)9-13-4-8(12)17-9/h4,7H,5-6H2,1-3H3. The number of thiazole rings is 1. The molecule has 0 unspecified atom stereocenters. The third-order valence-corrected chi connectivity index (χ3v) is 4.02. The molecule has 0 aliphatic carbocycles. The van der Waals surface area contributed by atoms with Crippen LogP contribution < -0.4 is 0 Å². The van der Waals surface area contributed by atoms with E-state index in [1.165, 1.54) is 0 Å². The van der Waals surface area contributed by atoms with Crippen LogP contribution in [0.5, 0.6) is 0 Å². The molecule has 0 spiro atoms.